The van der Waals surface area contributed by atoms with Gasteiger partial charge in [-0.25, -0.2) is 8.42 Å². The molecule has 186 valence electrons. The number of amides is 1. The lowest BCUT2D eigenvalue weighted by atomic mass is 10.0. The number of methoxy groups -OCH3 is 1. The largest absolute Gasteiger partial charge is 0.468 e. The molecule has 0 radical (unpaired) electrons. The number of aryl methyl sites for hydroxylation is 1. The van der Waals surface area contributed by atoms with Gasteiger partial charge in [0.1, 0.15) is 18.0 Å². The van der Waals surface area contributed by atoms with Crippen molar-refractivity contribution in [3.63, 3.8) is 0 Å². The van der Waals surface area contributed by atoms with Crippen LogP contribution in [0.15, 0.2) is 58.6 Å². The monoisotopic (exact) mass is 501 g/mol. The van der Waals surface area contributed by atoms with E-state index in [0.29, 0.717) is 17.7 Å². The summed E-state index contributed by atoms with van der Waals surface area (Å²) in [6.45, 7) is 1.45. The molecule has 0 saturated heterocycles. The molecule has 12 heteroatoms. The Morgan fingerprint density at radius 1 is 1.26 bits per heavy atom. The van der Waals surface area contributed by atoms with Gasteiger partial charge in [0.25, 0.3) is 0 Å². The van der Waals surface area contributed by atoms with Crippen molar-refractivity contribution in [2.45, 2.75) is 36.8 Å². The number of nitrogens with one attached hydrogen (secondary N) is 3. The van der Waals surface area contributed by atoms with Crippen LogP contribution in [-0.2, 0) is 29.2 Å². The van der Waals surface area contributed by atoms with E-state index in [1.165, 1.54) is 12.1 Å². The zero-order chi connectivity index (χ0) is 25.6. The fourth-order valence-corrected chi connectivity index (χ4v) is 4.69. The lowest BCUT2D eigenvalue weighted by Crippen LogP contribution is -2.49. The van der Waals surface area contributed by atoms with Crippen LogP contribution in [0.1, 0.15) is 29.5 Å². The normalized spacial score (nSPS) is 16.1. The standard InChI is InChI=1S/C23H27N5O6S/c1-14-4-3-5-18(10-14)35(31,32)28-20(23(30)33-2)13-26-21(29)12-17-11-19(27-34-17)15-6-8-16(9-7-15)22(24)25/h3-10,17,20,28H,11-13H2,1-2H3,(H3,24,25)(H,26,29)/t17-,20+/m1/s1. The maximum atomic E-state index is 12.7. The summed E-state index contributed by atoms with van der Waals surface area (Å²) in [4.78, 5) is 29.9. The number of carbonyl (C=O) groups excluding carboxylic acids is 2. The van der Waals surface area contributed by atoms with Crippen LogP contribution in [0.25, 0.3) is 0 Å². The average Bonchev–Trinajstić information content (AvgIpc) is 3.29. The highest BCUT2D eigenvalue weighted by Gasteiger charge is 2.29. The lowest BCUT2D eigenvalue weighted by Gasteiger charge is -2.18. The Morgan fingerprint density at radius 2 is 1.97 bits per heavy atom. The molecule has 1 aliphatic rings. The Bertz CT molecular complexity index is 1240. The van der Waals surface area contributed by atoms with Crippen molar-refractivity contribution in [2.75, 3.05) is 13.7 Å². The van der Waals surface area contributed by atoms with Crippen molar-refractivity contribution in [1.29, 1.82) is 5.41 Å². The number of sulfonamides is 1. The van der Waals surface area contributed by atoms with Crippen molar-refractivity contribution < 1.29 is 27.6 Å². The van der Waals surface area contributed by atoms with Gasteiger partial charge in [-0.1, -0.05) is 41.6 Å². The molecule has 0 bridgehead atoms. The average molecular weight is 502 g/mol. The summed E-state index contributed by atoms with van der Waals surface area (Å²) in [7, 11) is -2.89. The number of ether oxygens (including phenoxy) is 1. The molecule has 35 heavy (non-hydrogen) atoms. The van der Waals surface area contributed by atoms with Crippen LogP contribution in [0, 0.1) is 12.3 Å². The Morgan fingerprint density at radius 3 is 2.60 bits per heavy atom. The summed E-state index contributed by atoms with van der Waals surface area (Å²) in [6, 6.07) is 11.8. The minimum atomic E-state index is -4.02. The van der Waals surface area contributed by atoms with Crippen LogP contribution >= 0.6 is 0 Å². The van der Waals surface area contributed by atoms with Crippen LogP contribution in [0.5, 0.6) is 0 Å². The minimum Gasteiger partial charge on any atom is -0.468 e. The Kier molecular flexibility index (Phi) is 8.20. The molecule has 0 fully saturated rings. The van der Waals surface area contributed by atoms with Gasteiger partial charge in [0.05, 0.1) is 24.1 Å². The smallest absolute Gasteiger partial charge is 0.325 e. The maximum Gasteiger partial charge on any atom is 0.325 e. The molecule has 11 nitrogen and oxygen atoms in total. The van der Waals surface area contributed by atoms with Gasteiger partial charge in [-0.05, 0) is 30.2 Å². The van der Waals surface area contributed by atoms with Gasteiger partial charge in [0.2, 0.25) is 15.9 Å². The molecule has 3 rings (SSSR count). The first kappa shape index (κ1) is 25.8. The Labute approximate surface area is 203 Å². The number of oxime groups is 1. The van der Waals surface area contributed by atoms with E-state index in [9.17, 15) is 18.0 Å². The molecule has 0 aliphatic carbocycles. The molecule has 2 atom stereocenters. The highest BCUT2D eigenvalue weighted by Crippen LogP contribution is 2.19. The number of hydrogen-bond donors (Lipinski definition) is 4. The second-order valence-corrected chi connectivity index (χ2v) is 9.70. The van der Waals surface area contributed by atoms with Gasteiger partial charge in [-0.2, -0.15) is 4.72 Å². The number of nitrogens with two attached hydrogens (primary N) is 1. The SMILES string of the molecule is COC(=O)[C@H](CNC(=O)C[C@H]1CC(c2ccc(C(=N)N)cc2)=NO1)NS(=O)(=O)c1cccc(C)c1. The van der Waals surface area contributed by atoms with Crippen LogP contribution in [0.2, 0.25) is 0 Å². The van der Waals surface area contributed by atoms with E-state index < -0.39 is 34.0 Å². The van der Waals surface area contributed by atoms with Gasteiger partial charge >= 0.3 is 5.97 Å². The van der Waals surface area contributed by atoms with E-state index in [0.717, 1.165) is 18.2 Å². The highest BCUT2D eigenvalue weighted by atomic mass is 32.2. The predicted molar refractivity (Wildman–Crippen MR) is 128 cm³/mol. The molecule has 0 saturated carbocycles. The third-order valence-electron chi connectivity index (χ3n) is 5.26. The Balaban J connectivity index is 1.55. The summed E-state index contributed by atoms with van der Waals surface area (Å²) < 4.78 is 32.3. The van der Waals surface area contributed by atoms with Gasteiger partial charge in [-0.3, -0.25) is 15.0 Å². The van der Waals surface area contributed by atoms with Gasteiger partial charge < -0.3 is 20.6 Å². The fraction of sp³-hybridized carbons (Fsp3) is 0.304. The molecule has 2 aromatic carbocycles. The molecule has 1 amide bonds. The number of rotatable bonds is 10. The number of carbonyl (C=O) groups is 2. The third kappa shape index (κ3) is 6.87. The van der Waals surface area contributed by atoms with Crippen molar-refractivity contribution in [3.8, 4) is 0 Å². The van der Waals surface area contributed by atoms with Crippen LogP contribution in [0.4, 0.5) is 0 Å². The van der Waals surface area contributed by atoms with E-state index in [2.05, 4.69) is 19.9 Å². The van der Waals surface area contributed by atoms with E-state index in [1.54, 1.807) is 43.3 Å². The molecule has 5 N–H and O–H groups in total. The first-order chi connectivity index (χ1) is 16.6. The second kappa shape index (κ2) is 11.1. The fourth-order valence-electron chi connectivity index (χ4n) is 3.40. The van der Waals surface area contributed by atoms with E-state index in [-0.39, 0.29) is 23.7 Å². The van der Waals surface area contributed by atoms with Crippen LogP contribution < -0.4 is 15.8 Å². The quantitative estimate of drug-likeness (QED) is 0.212. The predicted octanol–water partition coefficient (Wildman–Crippen LogP) is 0.798. The van der Waals surface area contributed by atoms with E-state index >= 15 is 0 Å². The van der Waals surface area contributed by atoms with Crippen molar-refractivity contribution in [1.82, 2.24) is 10.0 Å². The number of nitrogen functional groups attached to an aromatic ring is 1. The second-order valence-electron chi connectivity index (χ2n) is 7.98. The summed E-state index contributed by atoms with van der Waals surface area (Å²) in [5.41, 5.74) is 8.22. The summed E-state index contributed by atoms with van der Waals surface area (Å²) in [6.07, 6.45) is -0.178. The van der Waals surface area contributed by atoms with Crippen molar-refractivity contribution >= 4 is 33.4 Å². The lowest BCUT2D eigenvalue weighted by molar-refractivity contribution is -0.142. The van der Waals surface area contributed by atoms with Crippen molar-refractivity contribution in [2.24, 2.45) is 10.9 Å². The molecule has 0 aromatic heterocycles. The number of benzene rings is 2. The van der Waals surface area contributed by atoms with Crippen LogP contribution in [0.3, 0.4) is 0 Å². The zero-order valence-corrected chi connectivity index (χ0v) is 20.1. The Hall–Kier alpha value is -3.77. The number of nitrogens with zero attached hydrogens (tertiary/aromatic N) is 1. The molecule has 1 heterocycles. The topological polar surface area (TPSA) is 173 Å². The van der Waals surface area contributed by atoms with Gasteiger partial charge in [0.15, 0.2) is 0 Å². The van der Waals surface area contributed by atoms with Crippen LogP contribution in [-0.4, -0.2) is 57.6 Å². The number of esters is 1. The molecule has 0 unspecified atom stereocenters. The van der Waals surface area contributed by atoms with Crippen molar-refractivity contribution in [3.05, 3.63) is 65.2 Å². The van der Waals surface area contributed by atoms with Gasteiger partial charge in [-0.15, -0.1) is 0 Å². The zero-order valence-electron chi connectivity index (χ0n) is 19.3. The first-order valence-corrected chi connectivity index (χ1v) is 12.2. The molecule has 1 aliphatic heterocycles. The molecule has 0 spiro atoms. The minimum absolute atomic E-state index is 0.00176. The maximum absolute atomic E-state index is 12.7. The highest BCUT2D eigenvalue weighted by molar-refractivity contribution is 7.89. The molecular formula is C23H27N5O6S. The van der Waals surface area contributed by atoms with E-state index in [1.807, 2.05) is 0 Å². The van der Waals surface area contributed by atoms with E-state index in [4.69, 9.17) is 16.0 Å². The third-order valence-corrected chi connectivity index (χ3v) is 6.73. The summed E-state index contributed by atoms with van der Waals surface area (Å²) in [5, 5.41) is 14.0. The first-order valence-electron chi connectivity index (χ1n) is 10.7. The number of hydrogen-bond acceptors (Lipinski definition) is 8. The van der Waals surface area contributed by atoms with Gasteiger partial charge in [0, 0.05) is 18.5 Å². The molecule has 2 aromatic rings. The molecular weight excluding hydrogens is 474 g/mol. The summed E-state index contributed by atoms with van der Waals surface area (Å²) in [5.74, 6) is -1.32. The summed E-state index contributed by atoms with van der Waals surface area (Å²) >= 11 is 0. The number of amidine groups is 1.